The van der Waals surface area contributed by atoms with E-state index >= 15 is 0 Å². The average molecular weight is 349 g/mol. The normalized spacial score (nSPS) is 15.6. The molecule has 6 heteroatoms. The molecular weight excluding hydrogens is 322 g/mol. The molecule has 2 rings (SSSR count). The number of likely N-dealkylation sites (tertiary alicyclic amines) is 1. The lowest BCUT2D eigenvalue weighted by Gasteiger charge is -2.33. The molecule has 0 spiro atoms. The summed E-state index contributed by atoms with van der Waals surface area (Å²) in [5, 5.41) is 0. The third-order valence-electron chi connectivity index (χ3n) is 3.79. The molecule has 0 saturated carbocycles. The van der Waals surface area contributed by atoms with Crippen LogP contribution in [0.15, 0.2) is 18.2 Å². The molecule has 0 aromatic heterocycles. The van der Waals surface area contributed by atoms with Gasteiger partial charge in [-0.05, 0) is 45.9 Å². The van der Waals surface area contributed by atoms with Crippen LogP contribution < -0.4 is 9.47 Å². The number of hydrogen-bond donors (Lipinski definition) is 0. The van der Waals surface area contributed by atoms with Gasteiger partial charge in [-0.3, -0.25) is 4.79 Å². The maximum atomic E-state index is 12.1. The number of carbonyl (C=O) groups excluding carboxylic acids is 2. The minimum Gasteiger partial charge on any atom is -0.490 e. The molecule has 138 valence electrons. The monoisotopic (exact) mass is 349 g/mol. The summed E-state index contributed by atoms with van der Waals surface area (Å²) in [5.41, 5.74) is 0.0625. The highest BCUT2D eigenvalue weighted by Crippen LogP contribution is 2.31. The number of amides is 1. The smallest absolute Gasteiger partial charge is 0.410 e. The summed E-state index contributed by atoms with van der Waals surface area (Å²) >= 11 is 0. The molecule has 0 radical (unpaired) electrons. The van der Waals surface area contributed by atoms with Gasteiger partial charge in [0.2, 0.25) is 0 Å². The van der Waals surface area contributed by atoms with E-state index in [1.54, 1.807) is 23.1 Å². The van der Waals surface area contributed by atoms with Crippen molar-refractivity contribution >= 4 is 12.4 Å². The minimum absolute atomic E-state index is 0.0000241. The maximum Gasteiger partial charge on any atom is 0.410 e. The van der Waals surface area contributed by atoms with Crippen LogP contribution in [0.5, 0.6) is 11.5 Å². The lowest BCUT2D eigenvalue weighted by Crippen LogP contribution is -2.44. The first kappa shape index (κ1) is 19.1. The largest absolute Gasteiger partial charge is 0.490 e. The first-order valence-electron chi connectivity index (χ1n) is 8.69. The molecule has 25 heavy (non-hydrogen) atoms. The van der Waals surface area contributed by atoms with E-state index in [0.717, 1.165) is 19.1 Å². The highest BCUT2D eigenvalue weighted by Gasteiger charge is 2.28. The summed E-state index contributed by atoms with van der Waals surface area (Å²) < 4.78 is 17.0. The van der Waals surface area contributed by atoms with E-state index in [9.17, 15) is 9.59 Å². The van der Waals surface area contributed by atoms with Gasteiger partial charge >= 0.3 is 6.09 Å². The molecule has 1 aliphatic rings. The molecule has 0 aliphatic carbocycles. The zero-order chi connectivity index (χ0) is 18.4. The molecule has 0 N–H and O–H groups in total. The maximum absolute atomic E-state index is 12.1. The van der Waals surface area contributed by atoms with Gasteiger partial charge in [0.1, 0.15) is 18.0 Å². The predicted octanol–water partition coefficient (Wildman–Crippen LogP) is 3.68. The van der Waals surface area contributed by atoms with E-state index in [0.29, 0.717) is 36.8 Å². The first-order chi connectivity index (χ1) is 11.8. The van der Waals surface area contributed by atoms with E-state index in [1.165, 1.54) is 0 Å². The lowest BCUT2D eigenvalue weighted by atomic mass is 10.1. The van der Waals surface area contributed by atoms with Crippen LogP contribution in [-0.2, 0) is 4.74 Å². The van der Waals surface area contributed by atoms with Gasteiger partial charge in [-0.15, -0.1) is 0 Å². The molecule has 6 nitrogen and oxygen atoms in total. The van der Waals surface area contributed by atoms with Gasteiger partial charge in [-0.2, -0.15) is 0 Å². The molecule has 1 aliphatic heterocycles. The summed E-state index contributed by atoms with van der Waals surface area (Å²) in [6, 6.07) is 5.15. The van der Waals surface area contributed by atoms with Crippen LogP contribution in [-0.4, -0.2) is 48.7 Å². The fourth-order valence-electron chi connectivity index (χ4n) is 2.63. The van der Waals surface area contributed by atoms with Crippen molar-refractivity contribution in [3.63, 3.8) is 0 Å². The standard InChI is InChI=1S/C19H27NO5/c1-5-23-17-12-14(13-21)6-7-16(17)24-15-8-10-20(11-9-15)18(22)25-19(2,3)4/h6-7,12-13,15H,5,8-11H2,1-4H3. The lowest BCUT2D eigenvalue weighted by molar-refractivity contribution is 0.0124. The highest BCUT2D eigenvalue weighted by atomic mass is 16.6. The summed E-state index contributed by atoms with van der Waals surface area (Å²) in [6.07, 6.45) is 1.95. The third-order valence-corrected chi connectivity index (χ3v) is 3.79. The number of nitrogens with zero attached hydrogens (tertiary/aromatic N) is 1. The summed E-state index contributed by atoms with van der Waals surface area (Å²) in [7, 11) is 0. The second-order valence-electron chi connectivity index (χ2n) is 7.04. The Morgan fingerprint density at radius 3 is 2.48 bits per heavy atom. The van der Waals surface area contributed by atoms with E-state index in [1.807, 2.05) is 27.7 Å². The van der Waals surface area contributed by atoms with Gasteiger partial charge in [0, 0.05) is 31.5 Å². The molecule has 1 aromatic carbocycles. The molecule has 1 aromatic rings. The van der Waals surface area contributed by atoms with Crippen LogP contribution in [0.3, 0.4) is 0 Å². The number of piperidine rings is 1. The Hall–Kier alpha value is -2.24. The van der Waals surface area contributed by atoms with Gasteiger partial charge in [-0.1, -0.05) is 0 Å². The predicted molar refractivity (Wildman–Crippen MR) is 94.5 cm³/mol. The van der Waals surface area contributed by atoms with Crippen LogP contribution in [0, 0.1) is 0 Å². The van der Waals surface area contributed by atoms with E-state index < -0.39 is 5.60 Å². The van der Waals surface area contributed by atoms with E-state index in [-0.39, 0.29) is 12.2 Å². The highest BCUT2D eigenvalue weighted by molar-refractivity contribution is 5.76. The van der Waals surface area contributed by atoms with Crippen molar-refractivity contribution in [1.29, 1.82) is 0 Å². The minimum atomic E-state index is -0.489. The summed E-state index contributed by atoms with van der Waals surface area (Å²) in [5.74, 6) is 1.20. The Bertz CT molecular complexity index is 600. The zero-order valence-electron chi connectivity index (χ0n) is 15.4. The van der Waals surface area contributed by atoms with Crippen molar-refractivity contribution in [2.24, 2.45) is 0 Å². The Morgan fingerprint density at radius 1 is 1.24 bits per heavy atom. The zero-order valence-corrected chi connectivity index (χ0v) is 15.4. The molecule has 0 bridgehead atoms. The molecule has 1 fully saturated rings. The molecule has 1 saturated heterocycles. The number of carbonyl (C=O) groups is 2. The molecular formula is C19H27NO5. The number of benzene rings is 1. The first-order valence-corrected chi connectivity index (χ1v) is 8.69. The van der Waals surface area contributed by atoms with E-state index in [4.69, 9.17) is 14.2 Å². The second kappa shape index (κ2) is 8.23. The Labute approximate surface area is 149 Å². The molecule has 1 heterocycles. The molecule has 1 amide bonds. The number of hydrogen-bond acceptors (Lipinski definition) is 5. The van der Waals surface area contributed by atoms with E-state index in [2.05, 4.69) is 0 Å². The van der Waals surface area contributed by atoms with Gasteiger partial charge in [0.15, 0.2) is 11.5 Å². The SMILES string of the molecule is CCOc1cc(C=O)ccc1OC1CCN(C(=O)OC(C)(C)C)CC1. The van der Waals surface area contributed by atoms with Gasteiger partial charge in [0.25, 0.3) is 0 Å². The average Bonchev–Trinajstić information content (AvgIpc) is 2.55. The van der Waals surface area contributed by atoms with Crippen LogP contribution in [0.4, 0.5) is 4.79 Å². The fraction of sp³-hybridized carbons (Fsp3) is 0.579. The second-order valence-corrected chi connectivity index (χ2v) is 7.04. The van der Waals surface area contributed by atoms with Crippen LogP contribution >= 0.6 is 0 Å². The van der Waals surface area contributed by atoms with Gasteiger partial charge in [0.05, 0.1) is 6.61 Å². The molecule has 0 atom stereocenters. The van der Waals surface area contributed by atoms with Crippen molar-refractivity contribution in [3.05, 3.63) is 23.8 Å². The van der Waals surface area contributed by atoms with Crippen LogP contribution in [0.1, 0.15) is 50.9 Å². The number of aldehydes is 1. The fourth-order valence-corrected chi connectivity index (χ4v) is 2.63. The summed E-state index contributed by atoms with van der Waals surface area (Å²) in [4.78, 5) is 24.7. The Balaban J connectivity index is 1.94. The van der Waals surface area contributed by atoms with Crippen molar-refractivity contribution in [1.82, 2.24) is 4.90 Å². The quantitative estimate of drug-likeness (QED) is 0.759. The van der Waals surface area contributed by atoms with Gasteiger partial charge < -0.3 is 19.1 Å². The van der Waals surface area contributed by atoms with Crippen LogP contribution in [0.2, 0.25) is 0 Å². The Morgan fingerprint density at radius 2 is 1.92 bits per heavy atom. The van der Waals surface area contributed by atoms with Crippen molar-refractivity contribution in [2.75, 3.05) is 19.7 Å². The van der Waals surface area contributed by atoms with Crippen molar-refractivity contribution in [3.8, 4) is 11.5 Å². The number of rotatable bonds is 5. The van der Waals surface area contributed by atoms with Crippen molar-refractivity contribution in [2.45, 2.75) is 52.2 Å². The molecule has 0 unspecified atom stereocenters. The van der Waals surface area contributed by atoms with Crippen molar-refractivity contribution < 1.29 is 23.8 Å². The topological polar surface area (TPSA) is 65.1 Å². The van der Waals surface area contributed by atoms with Gasteiger partial charge in [-0.25, -0.2) is 4.79 Å². The number of ether oxygens (including phenoxy) is 3. The summed E-state index contributed by atoms with van der Waals surface area (Å²) in [6.45, 7) is 9.15. The third kappa shape index (κ3) is 5.66. The van der Waals surface area contributed by atoms with Crippen LogP contribution in [0.25, 0.3) is 0 Å². The Kier molecular flexibility index (Phi) is 6.28.